The molecule has 0 spiro atoms. The highest BCUT2D eigenvalue weighted by Crippen LogP contribution is 2.28. The Morgan fingerprint density at radius 3 is 2.80 bits per heavy atom. The van der Waals surface area contributed by atoms with Crippen molar-refractivity contribution in [3.05, 3.63) is 22.9 Å². The van der Waals surface area contributed by atoms with Gasteiger partial charge in [0.1, 0.15) is 5.56 Å². The summed E-state index contributed by atoms with van der Waals surface area (Å²) in [5.74, 6) is -0.0602. The van der Waals surface area contributed by atoms with Gasteiger partial charge in [-0.25, -0.2) is 9.78 Å². The van der Waals surface area contributed by atoms with Crippen molar-refractivity contribution in [2.24, 2.45) is 5.92 Å². The first-order valence-electron chi connectivity index (χ1n) is 7.63. The lowest BCUT2D eigenvalue weighted by molar-refractivity contribution is 0.0689. The molecule has 3 rings (SSSR count). The summed E-state index contributed by atoms with van der Waals surface area (Å²) >= 11 is 0. The van der Waals surface area contributed by atoms with E-state index in [1.165, 1.54) is 32.1 Å². The van der Waals surface area contributed by atoms with E-state index in [1.54, 1.807) is 6.07 Å². The molecule has 0 saturated heterocycles. The molecule has 108 valence electrons. The molecule has 0 aromatic carbocycles. The molecular formula is C16H21NO3. The van der Waals surface area contributed by atoms with Crippen molar-refractivity contribution >= 4 is 5.97 Å². The quantitative estimate of drug-likeness (QED) is 0.916. The van der Waals surface area contributed by atoms with Crippen molar-refractivity contribution in [1.82, 2.24) is 4.98 Å². The van der Waals surface area contributed by atoms with Crippen LogP contribution in [0.15, 0.2) is 6.07 Å². The van der Waals surface area contributed by atoms with Crippen molar-refractivity contribution < 1.29 is 14.6 Å². The van der Waals surface area contributed by atoms with Crippen LogP contribution >= 0.6 is 0 Å². The van der Waals surface area contributed by atoms with Crippen molar-refractivity contribution in [3.8, 4) is 5.88 Å². The van der Waals surface area contributed by atoms with Gasteiger partial charge in [0.05, 0.1) is 6.61 Å². The van der Waals surface area contributed by atoms with E-state index in [1.807, 2.05) is 0 Å². The number of hydrogen-bond acceptors (Lipinski definition) is 3. The highest BCUT2D eigenvalue weighted by molar-refractivity contribution is 5.90. The minimum atomic E-state index is -0.939. The first-order chi connectivity index (χ1) is 9.74. The fourth-order valence-electron chi connectivity index (χ4n) is 3.27. The van der Waals surface area contributed by atoms with Gasteiger partial charge in [0.25, 0.3) is 0 Å². The molecule has 1 heterocycles. The van der Waals surface area contributed by atoms with Crippen LogP contribution in [0.3, 0.4) is 0 Å². The summed E-state index contributed by atoms with van der Waals surface area (Å²) < 4.78 is 5.77. The number of rotatable bonds is 4. The number of carboxylic acids is 1. The molecule has 1 aromatic heterocycles. The standard InChI is InChI=1S/C16H21NO3/c18-16(19)13-9-12-7-4-8-14(12)17-15(13)20-10-11-5-2-1-3-6-11/h9,11H,1-8,10H2,(H,18,19). The normalized spacial score (nSPS) is 18.8. The van der Waals surface area contributed by atoms with Gasteiger partial charge in [0, 0.05) is 5.69 Å². The smallest absolute Gasteiger partial charge is 0.341 e. The van der Waals surface area contributed by atoms with Crippen molar-refractivity contribution in [2.75, 3.05) is 6.61 Å². The van der Waals surface area contributed by atoms with Gasteiger partial charge in [-0.2, -0.15) is 0 Å². The third-order valence-corrected chi connectivity index (χ3v) is 4.43. The third kappa shape index (κ3) is 2.79. The molecule has 2 aliphatic rings. The Bertz CT molecular complexity index is 507. The van der Waals surface area contributed by atoms with Gasteiger partial charge in [-0.15, -0.1) is 0 Å². The van der Waals surface area contributed by atoms with Crippen LogP contribution in [0.5, 0.6) is 5.88 Å². The third-order valence-electron chi connectivity index (χ3n) is 4.43. The van der Waals surface area contributed by atoms with E-state index in [0.29, 0.717) is 18.4 Å². The zero-order valence-electron chi connectivity index (χ0n) is 11.7. The Morgan fingerprint density at radius 2 is 2.05 bits per heavy atom. The number of fused-ring (bicyclic) bond motifs is 1. The van der Waals surface area contributed by atoms with Crippen LogP contribution in [0.1, 0.15) is 60.1 Å². The number of ether oxygens (including phenoxy) is 1. The van der Waals surface area contributed by atoms with E-state index in [2.05, 4.69) is 4.98 Å². The van der Waals surface area contributed by atoms with Crippen molar-refractivity contribution in [1.29, 1.82) is 0 Å². The predicted molar refractivity (Wildman–Crippen MR) is 75.3 cm³/mol. The van der Waals surface area contributed by atoms with Crippen LogP contribution in [0.25, 0.3) is 0 Å². The molecule has 0 aliphatic heterocycles. The molecule has 1 fully saturated rings. The SMILES string of the molecule is O=C(O)c1cc2c(nc1OCC1CCCCC1)CCC2. The highest BCUT2D eigenvalue weighted by atomic mass is 16.5. The average Bonchev–Trinajstić information content (AvgIpc) is 2.92. The van der Waals surface area contributed by atoms with Gasteiger partial charge in [-0.3, -0.25) is 0 Å². The van der Waals surface area contributed by atoms with Crippen LogP contribution in [-0.4, -0.2) is 22.7 Å². The van der Waals surface area contributed by atoms with E-state index >= 15 is 0 Å². The summed E-state index contributed by atoms with van der Waals surface area (Å²) in [6.45, 7) is 0.603. The van der Waals surface area contributed by atoms with E-state index < -0.39 is 5.97 Å². The Morgan fingerprint density at radius 1 is 1.25 bits per heavy atom. The van der Waals surface area contributed by atoms with Gasteiger partial charge >= 0.3 is 5.97 Å². The van der Waals surface area contributed by atoms with Gasteiger partial charge in [0.2, 0.25) is 5.88 Å². The number of aromatic carboxylic acids is 1. The summed E-state index contributed by atoms with van der Waals surface area (Å²) in [6.07, 6.45) is 9.15. The number of hydrogen-bond donors (Lipinski definition) is 1. The fraction of sp³-hybridized carbons (Fsp3) is 0.625. The van der Waals surface area contributed by atoms with Crippen molar-refractivity contribution in [2.45, 2.75) is 51.4 Å². The van der Waals surface area contributed by atoms with Gasteiger partial charge in [-0.1, -0.05) is 19.3 Å². The monoisotopic (exact) mass is 275 g/mol. The van der Waals surface area contributed by atoms with E-state index in [9.17, 15) is 9.90 Å². The Kier molecular flexibility index (Phi) is 3.90. The topological polar surface area (TPSA) is 59.4 Å². The summed E-state index contributed by atoms with van der Waals surface area (Å²) in [7, 11) is 0. The van der Waals surface area contributed by atoms with E-state index in [-0.39, 0.29) is 5.56 Å². The number of pyridine rings is 1. The Labute approximate surface area is 119 Å². The lowest BCUT2D eigenvalue weighted by Gasteiger charge is -2.21. The fourth-order valence-corrected chi connectivity index (χ4v) is 3.27. The average molecular weight is 275 g/mol. The second-order valence-corrected chi connectivity index (χ2v) is 5.92. The highest BCUT2D eigenvalue weighted by Gasteiger charge is 2.22. The van der Waals surface area contributed by atoms with Crippen LogP contribution in [0.4, 0.5) is 0 Å². The molecule has 2 aliphatic carbocycles. The van der Waals surface area contributed by atoms with Crippen LogP contribution in [0, 0.1) is 5.92 Å². The van der Waals surface area contributed by atoms with Crippen LogP contribution in [0.2, 0.25) is 0 Å². The summed E-state index contributed by atoms with van der Waals surface area (Å²) in [4.78, 5) is 15.8. The number of aryl methyl sites for hydroxylation is 2. The Balaban J connectivity index is 1.75. The second kappa shape index (κ2) is 5.81. The number of carbonyl (C=O) groups is 1. The zero-order valence-corrected chi connectivity index (χ0v) is 11.7. The van der Waals surface area contributed by atoms with Crippen LogP contribution < -0.4 is 4.74 Å². The zero-order chi connectivity index (χ0) is 13.9. The molecule has 4 heteroatoms. The molecule has 0 radical (unpaired) electrons. The maximum Gasteiger partial charge on any atom is 0.341 e. The molecule has 0 atom stereocenters. The van der Waals surface area contributed by atoms with Crippen LogP contribution in [-0.2, 0) is 12.8 Å². The summed E-state index contributed by atoms with van der Waals surface area (Å²) in [5.41, 5.74) is 2.32. The maximum absolute atomic E-state index is 11.4. The van der Waals surface area contributed by atoms with Gasteiger partial charge < -0.3 is 9.84 Å². The molecule has 1 aromatic rings. The molecule has 1 saturated carbocycles. The first kappa shape index (κ1) is 13.4. The molecule has 0 unspecified atom stereocenters. The van der Waals surface area contributed by atoms with Gasteiger partial charge in [0.15, 0.2) is 0 Å². The summed E-state index contributed by atoms with van der Waals surface area (Å²) in [6, 6.07) is 1.76. The molecule has 1 N–H and O–H groups in total. The molecule has 20 heavy (non-hydrogen) atoms. The molecule has 0 amide bonds. The summed E-state index contributed by atoms with van der Waals surface area (Å²) in [5, 5.41) is 9.31. The molecule has 0 bridgehead atoms. The predicted octanol–water partition coefficient (Wildman–Crippen LogP) is 3.23. The minimum Gasteiger partial charge on any atom is -0.477 e. The number of carboxylic acid groups (broad SMARTS) is 1. The molecular weight excluding hydrogens is 254 g/mol. The second-order valence-electron chi connectivity index (χ2n) is 5.92. The number of nitrogens with zero attached hydrogens (tertiary/aromatic N) is 1. The largest absolute Gasteiger partial charge is 0.477 e. The Hall–Kier alpha value is -1.58. The maximum atomic E-state index is 11.4. The van der Waals surface area contributed by atoms with E-state index in [4.69, 9.17) is 4.74 Å². The van der Waals surface area contributed by atoms with E-state index in [0.717, 1.165) is 30.5 Å². The first-order valence-corrected chi connectivity index (χ1v) is 7.63. The molecule has 4 nitrogen and oxygen atoms in total. The van der Waals surface area contributed by atoms with Gasteiger partial charge in [-0.05, 0) is 49.7 Å². The lowest BCUT2D eigenvalue weighted by atomic mass is 9.90. The number of aromatic nitrogens is 1. The minimum absolute atomic E-state index is 0.224. The lowest BCUT2D eigenvalue weighted by Crippen LogP contribution is -2.17. The van der Waals surface area contributed by atoms with Crippen molar-refractivity contribution in [3.63, 3.8) is 0 Å².